The first kappa shape index (κ1) is 14.0. The highest BCUT2D eigenvalue weighted by atomic mass is 16.5. The highest BCUT2D eigenvalue weighted by Crippen LogP contribution is 2.14. The second-order valence-electron chi connectivity index (χ2n) is 4.15. The molecule has 1 unspecified atom stereocenters. The van der Waals surface area contributed by atoms with Crippen LogP contribution in [0.3, 0.4) is 0 Å². The van der Waals surface area contributed by atoms with Crippen LogP contribution in [0.5, 0.6) is 6.01 Å². The van der Waals surface area contributed by atoms with E-state index >= 15 is 0 Å². The molecule has 3 N–H and O–H groups in total. The predicted octanol–water partition coefficient (Wildman–Crippen LogP) is -0.471. The third-order valence-corrected chi connectivity index (χ3v) is 2.67. The lowest BCUT2D eigenvalue weighted by Gasteiger charge is -2.21. The molecule has 1 aromatic heterocycles. The van der Waals surface area contributed by atoms with E-state index in [-0.39, 0.29) is 30.2 Å². The maximum absolute atomic E-state index is 11.7. The first-order valence-electron chi connectivity index (χ1n) is 6.26. The smallest absolute Gasteiger partial charge is 0.322 e. The molecule has 1 aromatic rings. The number of ether oxygens (including phenoxy) is 1. The van der Waals surface area contributed by atoms with Crippen molar-refractivity contribution in [3.8, 4) is 6.01 Å². The number of carbonyl (C=O) groups is 2. The highest BCUT2D eigenvalue weighted by molar-refractivity contribution is 6.01. The number of hydrogen-bond acceptors (Lipinski definition) is 8. The van der Waals surface area contributed by atoms with E-state index in [4.69, 9.17) is 4.74 Å². The summed E-state index contributed by atoms with van der Waals surface area (Å²) in [5, 5.41) is 8.08. The summed E-state index contributed by atoms with van der Waals surface area (Å²) in [5.74, 6) is -0.0725. The van der Waals surface area contributed by atoms with Gasteiger partial charge in [0.15, 0.2) is 0 Å². The summed E-state index contributed by atoms with van der Waals surface area (Å²) in [5.41, 5.74) is 0. The minimum atomic E-state index is -0.547. The summed E-state index contributed by atoms with van der Waals surface area (Å²) in [7, 11) is 1.45. The number of amides is 2. The van der Waals surface area contributed by atoms with Gasteiger partial charge >= 0.3 is 6.01 Å². The second kappa shape index (κ2) is 6.13. The summed E-state index contributed by atoms with van der Waals surface area (Å²) < 4.78 is 4.98. The molecular formula is C11H16N6O3. The van der Waals surface area contributed by atoms with Crippen molar-refractivity contribution in [1.82, 2.24) is 20.3 Å². The van der Waals surface area contributed by atoms with Gasteiger partial charge in [-0.15, -0.1) is 0 Å². The molecule has 0 saturated carbocycles. The average molecular weight is 280 g/mol. The molecule has 0 radical (unpaired) electrons. The molecule has 108 valence electrons. The number of carbonyl (C=O) groups excluding carboxylic acids is 2. The molecule has 2 heterocycles. The standard InChI is InChI=1S/C11H16N6O3/c1-3-12-9-15-10(17-11(16-9)20-2)13-6-4-5-7(18)14-8(6)19/h6H,3-5H2,1-2H3,(H,14,18,19)(H2,12,13,15,16,17). The fraction of sp³-hybridized carbons (Fsp3) is 0.545. The molecule has 0 aliphatic carbocycles. The number of nitrogens with one attached hydrogen (secondary N) is 3. The minimum absolute atomic E-state index is 0.144. The zero-order valence-corrected chi connectivity index (χ0v) is 11.3. The van der Waals surface area contributed by atoms with Gasteiger partial charge in [0, 0.05) is 13.0 Å². The third-order valence-electron chi connectivity index (χ3n) is 2.67. The maximum atomic E-state index is 11.7. The molecular weight excluding hydrogens is 264 g/mol. The molecule has 1 atom stereocenters. The quantitative estimate of drug-likeness (QED) is 0.619. The van der Waals surface area contributed by atoms with Gasteiger partial charge in [0.1, 0.15) is 6.04 Å². The lowest BCUT2D eigenvalue weighted by atomic mass is 10.1. The zero-order chi connectivity index (χ0) is 14.5. The van der Waals surface area contributed by atoms with E-state index < -0.39 is 6.04 Å². The van der Waals surface area contributed by atoms with Crippen LogP contribution < -0.4 is 20.7 Å². The van der Waals surface area contributed by atoms with Crippen LogP contribution in [-0.2, 0) is 9.59 Å². The summed E-state index contributed by atoms with van der Waals surface area (Å²) in [6, 6.07) is -0.403. The normalized spacial score (nSPS) is 18.4. The number of piperidine rings is 1. The highest BCUT2D eigenvalue weighted by Gasteiger charge is 2.27. The molecule has 9 nitrogen and oxygen atoms in total. The molecule has 1 aliphatic heterocycles. The van der Waals surface area contributed by atoms with Gasteiger partial charge in [0.2, 0.25) is 23.7 Å². The molecule has 2 rings (SSSR count). The molecule has 20 heavy (non-hydrogen) atoms. The van der Waals surface area contributed by atoms with Crippen LogP contribution in [0.4, 0.5) is 11.9 Å². The molecule has 0 spiro atoms. The number of methoxy groups -OCH3 is 1. The van der Waals surface area contributed by atoms with Gasteiger partial charge in [-0.3, -0.25) is 14.9 Å². The van der Waals surface area contributed by atoms with Gasteiger partial charge in [0.25, 0.3) is 0 Å². The maximum Gasteiger partial charge on any atom is 0.322 e. The Morgan fingerprint density at radius 2 is 2.05 bits per heavy atom. The minimum Gasteiger partial charge on any atom is -0.467 e. The fourth-order valence-corrected chi connectivity index (χ4v) is 1.74. The molecule has 9 heteroatoms. The molecule has 1 aliphatic rings. The molecule has 1 fully saturated rings. The van der Waals surface area contributed by atoms with Crippen molar-refractivity contribution in [2.45, 2.75) is 25.8 Å². The van der Waals surface area contributed by atoms with E-state index in [1.54, 1.807) is 0 Å². The zero-order valence-electron chi connectivity index (χ0n) is 11.3. The fourth-order valence-electron chi connectivity index (χ4n) is 1.74. The van der Waals surface area contributed by atoms with Crippen molar-refractivity contribution in [3.63, 3.8) is 0 Å². The van der Waals surface area contributed by atoms with Crippen molar-refractivity contribution in [1.29, 1.82) is 0 Å². The van der Waals surface area contributed by atoms with Crippen molar-refractivity contribution < 1.29 is 14.3 Å². The van der Waals surface area contributed by atoms with Gasteiger partial charge in [-0.25, -0.2) is 0 Å². The van der Waals surface area contributed by atoms with Gasteiger partial charge in [-0.2, -0.15) is 15.0 Å². The molecule has 0 aromatic carbocycles. The third kappa shape index (κ3) is 3.31. The molecule has 2 amide bonds. The summed E-state index contributed by atoms with van der Waals surface area (Å²) in [6.07, 6.45) is 0.681. The Morgan fingerprint density at radius 3 is 2.70 bits per heavy atom. The predicted molar refractivity (Wildman–Crippen MR) is 70.3 cm³/mol. The van der Waals surface area contributed by atoms with Gasteiger partial charge in [-0.1, -0.05) is 0 Å². The Balaban J connectivity index is 2.13. The summed E-state index contributed by atoms with van der Waals surface area (Å²) in [4.78, 5) is 34.9. The lowest BCUT2D eigenvalue weighted by Crippen LogP contribution is -2.47. The van der Waals surface area contributed by atoms with Crippen LogP contribution in [0, 0.1) is 0 Å². The van der Waals surface area contributed by atoms with Crippen molar-refractivity contribution in [2.24, 2.45) is 0 Å². The van der Waals surface area contributed by atoms with Crippen molar-refractivity contribution >= 4 is 23.7 Å². The number of rotatable bonds is 5. The monoisotopic (exact) mass is 280 g/mol. The number of hydrogen-bond donors (Lipinski definition) is 3. The molecule has 0 bridgehead atoms. The van der Waals surface area contributed by atoms with Crippen LogP contribution in [0.1, 0.15) is 19.8 Å². The largest absolute Gasteiger partial charge is 0.467 e. The van der Waals surface area contributed by atoms with E-state index in [0.717, 1.165) is 0 Å². The Morgan fingerprint density at radius 1 is 1.30 bits per heavy atom. The van der Waals surface area contributed by atoms with Crippen molar-refractivity contribution in [2.75, 3.05) is 24.3 Å². The molecule has 1 saturated heterocycles. The average Bonchev–Trinajstić information content (AvgIpc) is 2.42. The van der Waals surface area contributed by atoms with Crippen LogP contribution in [-0.4, -0.2) is 46.5 Å². The van der Waals surface area contributed by atoms with E-state index in [1.807, 2.05) is 6.92 Å². The number of anilines is 2. The Hall–Kier alpha value is -2.45. The van der Waals surface area contributed by atoms with E-state index in [1.165, 1.54) is 7.11 Å². The van der Waals surface area contributed by atoms with Crippen molar-refractivity contribution in [3.05, 3.63) is 0 Å². The second-order valence-corrected chi connectivity index (χ2v) is 4.15. The number of nitrogens with zero attached hydrogens (tertiary/aromatic N) is 3. The topological polar surface area (TPSA) is 118 Å². The van der Waals surface area contributed by atoms with Crippen LogP contribution in [0.15, 0.2) is 0 Å². The Kier molecular flexibility index (Phi) is 4.28. The summed E-state index contributed by atoms with van der Waals surface area (Å²) >= 11 is 0. The first-order valence-corrected chi connectivity index (χ1v) is 6.26. The Bertz CT molecular complexity index is 521. The van der Waals surface area contributed by atoms with Gasteiger partial charge in [-0.05, 0) is 13.3 Å². The first-order chi connectivity index (χ1) is 9.62. The number of imide groups is 1. The van der Waals surface area contributed by atoms with E-state index in [2.05, 4.69) is 30.9 Å². The van der Waals surface area contributed by atoms with Gasteiger partial charge < -0.3 is 15.4 Å². The summed E-state index contributed by atoms with van der Waals surface area (Å²) in [6.45, 7) is 2.55. The van der Waals surface area contributed by atoms with Crippen LogP contribution in [0.25, 0.3) is 0 Å². The van der Waals surface area contributed by atoms with Gasteiger partial charge in [0.05, 0.1) is 7.11 Å². The number of aromatic nitrogens is 3. The lowest BCUT2D eigenvalue weighted by molar-refractivity contribution is -0.133. The van der Waals surface area contributed by atoms with Crippen LogP contribution in [0.2, 0.25) is 0 Å². The van der Waals surface area contributed by atoms with E-state index in [9.17, 15) is 9.59 Å². The SMILES string of the molecule is CCNc1nc(NC2CCC(=O)NC2=O)nc(OC)n1. The van der Waals surface area contributed by atoms with Crippen LogP contribution >= 0.6 is 0 Å². The van der Waals surface area contributed by atoms with E-state index in [0.29, 0.717) is 18.9 Å². The Labute approximate surface area is 115 Å².